The van der Waals surface area contributed by atoms with Crippen LogP contribution in [0.3, 0.4) is 0 Å². The van der Waals surface area contributed by atoms with Gasteiger partial charge in [0.1, 0.15) is 4.99 Å². The van der Waals surface area contributed by atoms with E-state index in [4.69, 9.17) is 18.0 Å². The Hall–Kier alpha value is -2.01. The van der Waals surface area contributed by atoms with Crippen molar-refractivity contribution in [1.29, 1.82) is 0 Å². The third-order valence-electron chi connectivity index (χ3n) is 3.66. The van der Waals surface area contributed by atoms with Crippen LogP contribution >= 0.6 is 12.2 Å². The fourth-order valence-corrected chi connectivity index (χ4v) is 2.62. The fraction of sp³-hybridized carbons (Fsp3) is 0.312. The molecule has 5 heteroatoms. The summed E-state index contributed by atoms with van der Waals surface area (Å²) < 4.78 is 0. The highest BCUT2D eigenvalue weighted by atomic mass is 32.1. The third kappa shape index (κ3) is 2.88. The topological polar surface area (TPSA) is 55.0 Å². The molecule has 0 aliphatic rings. The van der Waals surface area contributed by atoms with Gasteiger partial charge in [-0.3, -0.25) is 0 Å². The van der Waals surface area contributed by atoms with Crippen molar-refractivity contribution in [1.82, 2.24) is 10.2 Å². The van der Waals surface area contributed by atoms with E-state index < -0.39 is 0 Å². The Morgan fingerprint density at radius 3 is 2.43 bits per heavy atom. The monoisotopic (exact) mass is 300 g/mol. The number of para-hydroxylation sites is 1. The van der Waals surface area contributed by atoms with Gasteiger partial charge in [0.05, 0.1) is 11.3 Å². The molecule has 0 amide bonds. The van der Waals surface area contributed by atoms with Gasteiger partial charge in [-0.05, 0) is 44.9 Å². The van der Waals surface area contributed by atoms with E-state index in [1.54, 1.807) is 0 Å². The summed E-state index contributed by atoms with van der Waals surface area (Å²) in [6, 6.07) is 8.18. The molecule has 2 aromatic rings. The number of rotatable bonds is 4. The molecule has 0 aliphatic heterocycles. The van der Waals surface area contributed by atoms with Gasteiger partial charge >= 0.3 is 0 Å². The maximum absolute atomic E-state index is 5.93. The molecule has 0 aliphatic carbocycles. The Morgan fingerprint density at radius 2 is 1.86 bits per heavy atom. The second kappa shape index (κ2) is 6.18. The van der Waals surface area contributed by atoms with Crippen LogP contribution in [0.1, 0.15) is 29.3 Å². The molecule has 110 valence electrons. The van der Waals surface area contributed by atoms with E-state index in [-0.39, 0.29) is 0 Å². The van der Waals surface area contributed by atoms with Crippen molar-refractivity contribution >= 4 is 28.7 Å². The first-order valence-electron chi connectivity index (χ1n) is 6.94. The molecular weight excluding hydrogens is 280 g/mol. The highest BCUT2D eigenvalue weighted by Crippen LogP contribution is 2.30. The normalized spacial score (nSPS) is 10.5. The van der Waals surface area contributed by atoms with Gasteiger partial charge in [-0.2, -0.15) is 5.10 Å². The van der Waals surface area contributed by atoms with Crippen molar-refractivity contribution in [2.75, 3.05) is 11.4 Å². The van der Waals surface area contributed by atoms with E-state index in [9.17, 15) is 0 Å². The smallest absolute Gasteiger partial charge is 0.166 e. The minimum atomic E-state index is 0.354. The second-order valence-electron chi connectivity index (χ2n) is 5.00. The average Bonchev–Trinajstić information content (AvgIpc) is 2.45. The summed E-state index contributed by atoms with van der Waals surface area (Å²) in [7, 11) is 0. The molecule has 0 saturated carbocycles. The Kier molecular flexibility index (Phi) is 4.53. The molecule has 0 spiro atoms. The number of hydrogen-bond donors (Lipinski definition) is 1. The van der Waals surface area contributed by atoms with Gasteiger partial charge in [0, 0.05) is 12.2 Å². The minimum absolute atomic E-state index is 0.354. The van der Waals surface area contributed by atoms with Crippen molar-refractivity contribution < 1.29 is 0 Å². The van der Waals surface area contributed by atoms with Gasteiger partial charge in [-0.25, -0.2) is 0 Å². The summed E-state index contributed by atoms with van der Waals surface area (Å²) in [5.41, 5.74) is 10.8. The van der Waals surface area contributed by atoms with Gasteiger partial charge in [-0.1, -0.05) is 30.4 Å². The molecule has 0 bridgehead atoms. The van der Waals surface area contributed by atoms with Crippen LogP contribution in [0.4, 0.5) is 11.5 Å². The molecule has 1 aromatic heterocycles. The van der Waals surface area contributed by atoms with Crippen LogP contribution < -0.4 is 10.6 Å². The maximum atomic E-state index is 5.93. The van der Waals surface area contributed by atoms with Gasteiger partial charge in [-0.15, -0.1) is 5.10 Å². The summed E-state index contributed by atoms with van der Waals surface area (Å²) >= 11 is 5.23. The van der Waals surface area contributed by atoms with Crippen molar-refractivity contribution in [3.05, 3.63) is 46.6 Å². The van der Waals surface area contributed by atoms with Crippen LogP contribution in [-0.2, 0) is 0 Å². The molecule has 2 N–H and O–H groups in total. The first kappa shape index (κ1) is 15.4. The van der Waals surface area contributed by atoms with Crippen LogP contribution in [0.15, 0.2) is 24.3 Å². The molecule has 0 fully saturated rings. The number of nitrogens with zero attached hydrogens (tertiary/aromatic N) is 3. The van der Waals surface area contributed by atoms with Gasteiger partial charge in [0.25, 0.3) is 0 Å². The molecule has 4 nitrogen and oxygen atoms in total. The van der Waals surface area contributed by atoms with Crippen LogP contribution in [0.5, 0.6) is 0 Å². The lowest BCUT2D eigenvalue weighted by molar-refractivity contribution is 0.896. The second-order valence-corrected chi connectivity index (χ2v) is 5.44. The van der Waals surface area contributed by atoms with E-state index in [1.165, 1.54) is 5.56 Å². The van der Waals surface area contributed by atoms with Crippen molar-refractivity contribution in [3.63, 3.8) is 0 Å². The van der Waals surface area contributed by atoms with Crippen molar-refractivity contribution in [3.8, 4) is 0 Å². The van der Waals surface area contributed by atoms with Gasteiger partial charge in [0.15, 0.2) is 5.82 Å². The van der Waals surface area contributed by atoms with Crippen LogP contribution in [-0.4, -0.2) is 21.7 Å². The van der Waals surface area contributed by atoms with Crippen LogP contribution in [0.2, 0.25) is 0 Å². The number of thiocarbonyl (C=S) groups is 1. The van der Waals surface area contributed by atoms with E-state index in [1.807, 2.05) is 26.0 Å². The third-order valence-corrected chi connectivity index (χ3v) is 3.86. The van der Waals surface area contributed by atoms with Crippen molar-refractivity contribution in [2.45, 2.75) is 27.7 Å². The summed E-state index contributed by atoms with van der Waals surface area (Å²) in [6.45, 7) is 8.81. The SMILES string of the molecule is CCN(c1ccccc1C)c1nnc(C)c(C)c1C(N)=S. The minimum Gasteiger partial charge on any atom is -0.389 e. The molecular formula is C16H20N4S. The number of hydrogen-bond acceptors (Lipinski definition) is 4. The zero-order valence-electron chi connectivity index (χ0n) is 12.8. The number of nitrogens with two attached hydrogens (primary N) is 1. The largest absolute Gasteiger partial charge is 0.389 e. The summed E-state index contributed by atoms with van der Waals surface area (Å²) in [5.74, 6) is 0.724. The Balaban J connectivity index is 2.67. The molecule has 1 aromatic carbocycles. The number of benzene rings is 1. The lowest BCUT2D eigenvalue weighted by Gasteiger charge is -2.26. The van der Waals surface area contributed by atoms with Crippen LogP contribution in [0, 0.1) is 20.8 Å². The molecule has 2 rings (SSSR count). The molecule has 21 heavy (non-hydrogen) atoms. The Morgan fingerprint density at radius 1 is 1.19 bits per heavy atom. The quantitative estimate of drug-likeness (QED) is 0.879. The fourth-order valence-electron chi connectivity index (χ4n) is 2.38. The number of aromatic nitrogens is 2. The molecule has 0 atom stereocenters. The summed E-state index contributed by atoms with van der Waals surface area (Å²) in [5, 5.41) is 8.60. The molecule has 1 heterocycles. The van der Waals surface area contributed by atoms with Crippen molar-refractivity contribution in [2.24, 2.45) is 5.73 Å². The maximum Gasteiger partial charge on any atom is 0.166 e. The zero-order valence-corrected chi connectivity index (χ0v) is 13.7. The van der Waals surface area contributed by atoms with E-state index in [0.717, 1.165) is 34.9 Å². The number of anilines is 2. The summed E-state index contributed by atoms with van der Waals surface area (Å²) in [6.07, 6.45) is 0. The highest BCUT2D eigenvalue weighted by Gasteiger charge is 2.20. The highest BCUT2D eigenvalue weighted by molar-refractivity contribution is 7.80. The molecule has 0 saturated heterocycles. The molecule has 0 radical (unpaired) electrons. The standard InChI is InChI=1S/C16H20N4S/c1-5-20(13-9-7-6-8-10(13)2)16-14(15(17)21)11(3)12(4)18-19-16/h6-9H,5H2,1-4H3,(H2,17,21). The average molecular weight is 300 g/mol. The lowest BCUT2D eigenvalue weighted by Crippen LogP contribution is -2.25. The lowest BCUT2D eigenvalue weighted by atomic mass is 10.1. The zero-order chi connectivity index (χ0) is 15.6. The van der Waals surface area contributed by atoms with E-state index in [0.29, 0.717) is 4.99 Å². The summed E-state index contributed by atoms with van der Waals surface area (Å²) in [4.78, 5) is 2.45. The predicted octanol–water partition coefficient (Wildman–Crippen LogP) is 3.19. The van der Waals surface area contributed by atoms with Gasteiger partial charge < -0.3 is 10.6 Å². The first-order chi connectivity index (χ1) is 9.97. The molecule has 0 unspecified atom stereocenters. The first-order valence-corrected chi connectivity index (χ1v) is 7.35. The predicted molar refractivity (Wildman–Crippen MR) is 91.3 cm³/mol. The van der Waals surface area contributed by atoms with Gasteiger partial charge in [0.2, 0.25) is 0 Å². The Labute approximate surface area is 131 Å². The van der Waals surface area contributed by atoms with E-state index >= 15 is 0 Å². The van der Waals surface area contributed by atoms with Crippen LogP contribution in [0.25, 0.3) is 0 Å². The Bertz CT molecular complexity index is 682. The number of aryl methyl sites for hydroxylation is 2. The van der Waals surface area contributed by atoms with E-state index in [2.05, 4.69) is 41.1 Å².